The number of piperazine rings is 1. The summed E-state index contributed by atoms with van der Waals surface area (Å²) in [6, 6.07) is 8.72. The molecule has 1 aliphatic rings. The average molecular weight is 383 g/mol. The van der Waals surface area contributed by atoms with Gasteiger partial charge in [-0.25, -0.2) is 4.98 Å². The number of hydrogen-bond donors (Lipinski definition) is 0. The van der Waals surface area contributed by atoms with E-state index >= 15 is 0 Å². The first-order valence-corrected chi connectivity index (χ1v) is 8.90. The van der Waals surface area contributed by atoms with E-state index in [-0.39, 0.29) is 5.69 Å². The summed E-state index contributed by atoms with van der Waals surface area (Å²) in [6.07, 6.45) is 1.58. The van der Waals surface area contributed by atoms with E-state index in [1.54, 1.807) is 12.3 Å². The zero-order valence-corrected chi connectivity index (χ0v) is 15.7. The monoisotopic (exact) mass is 382 g/mol. The van der Waals surface area contributed by atoms with E-state index in [2.05, 4.69) is 28.3 Å². The quantitative estimate of drug-likeness (QED) is 0.460. The van der Waals surface area contributed by atoms with Crippen LogP contribution in [0.1, 0.15) is 11.1 Å². The Hall–Kier alpha value is -3.04. The maximum absolute atomic E-state index is 11.2. The topological polar surface area (TPSA) is 62.5 Å². The van der Waals surface area contributed by atoms with Crippen LogP contribution < -0.4 is 4.90 Å². The smallest absolute Gasteiger partial charge is 0.311 e. The van der Waals surface area contributed by atoms with Gasteiger partial charge in [-0.05, 0) is 42.7 Å². The highest BCUT2D eigenvalue weighted by molar-refractivity contribution is 6.31. The Morgan fingerprint density at radius 2 is 2.04 bits per heavy atom. The molecule has 3 rings (SSSR count). The third kappa shape index (κ3) is 4.39. The Morgan fingerprint density at radius 3 is 2.70 bits per heavy atom. The number of anilines is 1. The molecule has 0 saturated carbocycles. The van der Waals surface area contributed by atoms with Crippen LogP contribution in [0.25, 0.3) is 0 Å². The fourth-order valence-corrected chi connectivity index (χ4v) is 3.03. The highest BCUT2D eigenvalue weighted by Crippen LogP contribution is 2.26. The van der Waals surface area contributed by atoms with Gasteiger partial charge in [0.2, 0.25) is 5.82 Å². The van der Waals surface area contributed by atoms with Crippen LogP contribution in [0.3, 0.4) is 0 Å². The summed E-state index contributed by atoms with van der Waals surface area (Å²) in [4.78, 5) is 19.0. The highest BCUT2D eigenvalue weighted by Gasteiger charge is 2.24. The Morgan fingerprint density at radius 1 is 1.30 bits per heavy atom. The van der Waals surface area contributed by atoms with Gasteiger partial charge >= 0.3 is 5.69 Å². The molecule has 1 fully saturated rings. The van der Waals surface area contributed by atoms with E-state index in [0.717, 1.165) is 21.8 Å². The van der Waals surface area contributed by atoms with Crippen molar-refractivity contribution >= 4 is 23.1 Å². The number of nitrogens with zero attached hydrogens (tertiary/aromatic N) is 4. The van der Waals surface area contributed by atoms with Crippen LogP contribution in [0, 0.1) is 28.9 Å². The Kier molecular flexibility index (Phi) is 5.63. The van der Waals surface area contributed by atoms with Crippen molar-refractivity contribution in [1.82, 2.24) is 9.88 Å². The minimum Gasteiger partial charge on any atom is -0.362 e. The highest BCUT2D eigenvalue weighted by atomic mass is 35.5. The molecule has 1 aromatic heterocycles. The summed E-state index contributed by atoms with van der Waals surface area (Å²) in [7, 11) is 0. The molecule has 2 aromatic rings. The van der Waals surface area contributed by atoms with Crippen molar-refractivity contribution in [1.29, 1.82) is 0 Å². The maximum Gasteiger partial charge on any atom is 0.311 e. The van der Waals surface area contributed by atoms with Gasteiger partial charge < -0.3 is 9.80 Å². The van der Waals surface area contributed by atoms with Crippen LogP contribution in [-0.2, 0) is 0 Å². The molecule has 138 valence electrons. The number of pyridine rings is 1. The lowest BCUT2D eigenvalue weighted by Gasteiger charge is -2.35. The third-order valence-electron chi connectivity index (χ3n) is 4.43. The molecule has 0 atom stereocenters. The normalized spacial score (nSPS) is 13.7. The molecule has 27 heavy (non-hydrogen) atoms. The first kappa shape index (κ1) is 18.7. The van der Waals surface area contributed by atoms with Crippen molar-refractivity contribution in [2.24, 2.45) is 0 Å². The molecule has 7 heteroatoms. The van der Waals surface area contributed by atoms with Gasteiger partial charge in [0.1, 0.15) is 0 Å². The van der Waals surface area contributed by atoms with Crippen LogP contribution in [-0.4, -0.2) is 41.0 Å². The van der Waals surface area contributed by atoms with Crippen molar-refractivity contribution in [3.05, 3.63) is 75.1 Å². The Balaban J connectivity index is 1.64. The molecule has 0 spiro atoms. The van der Waals surface area contributed by atoms with Crippen LogP contribution in [0.4, 0.5) is 11.5 Å². The average Bonchev–Trinajstić information content (AvgIpc) is 2.68. The molecule has 0 unspecified atom stereocenters. The lowest BCUT2D eigenvalue weighted by Crippen LogP contribution is -2.46. The molecule has 0 N–H and O–H groups in total. The van der Waals surface area contributed by atoms with Crippen LogP contribution in [0.2, 0.25) is 5.02 Å². The molecular weight excluding hydrogens is 364 g/mol. The second kappa shape index (κ2) is 8.11. The molecule has 2 heterocycles. The number of hydrogen-bond acceptors (Lipinski definition) is 5. The molecule has 6 nitrogen and oxygen atoms in total. The van der Waals surface area contributed by atoms with Crippen LogP contribution in [0.15, 0.2) is 48.8 Å². The van der Waals surface area contributed by atoms with Gasteiger partial charge in [0.25, 0.3) is 0 Å². The summed E-state index contributed by atoms with van der Waals surface area (Å²) in [5.41, 5.74) is 2.64. The first-order valence-electron chi connectivity index (χ1n) is 8.52. The summed E-state index contributed by atoms with van der Waals surface area (Å²) >= 11 is 6.03. The predicted octanol–water partition coefficient (Wildman–Crippen LogP) is 3.64. The molecule has 0 aliphatic carbocycles. The van der Waals surface area contributed by atoms with E-state index < -0.39 is 4.92 Å². The number of aromatic nitrogens is 1. The second-order valence-electron chi connectivity index (χ2n) is 6.24. The van der Waals surface area contributed by atoms with Crippen molar-refractivity contribution in [3.8, 4) is 11.8 Å². The lowest BCUT2D eigenvalue weighted by molar-refractivity contribution is -0.384. The van der Waals surface area contributed by atoms with Gasteiger partial charge in [-0.2, -0.15) is 0 Å². The van der Waals surface area contributed by atoms with Crippen LogP contribution in [0.5, 0.6) is 0 Å². The molecule has 0 amide bonds. The van der Waals surface area contributed by atoms with Crippen LogP contribution >= 0.6 is 11.6 Å². The fraction of sp³-hybridized carbons (Fsp3) is 0.250. The third-order valence-corrected chi connectivity index (χ3v) is 4.86. The maximum atomic E-state index is 11.2. The van der Waals surface area contributed by atoms with E-state index in [9.17, 15) is 10.1 Å². The van der Waals surface area contributed by atoms with Gasteiger partial charge in [-0.1, -0.05) is 24.1 Å². The molecule has 0 radical (unpaired) electrons. The second-order valence-corrected chi connectivity index (χ2v) is 6.65. The van der Waals surface area contributed by atoms with Gasteiger partial charge in [0.05, 0.1) is 10.6 Å². The zero-order valence-electron chi connectivity index (χ0n) is 15.0. The fourth-order valence-electron chi connectivity index (χ4n) is 2.91. The molecule has 1 aromatic carbocycles. The summed E-state index contributed by atoms with van der Waals surface area (Å²) in [5, 5.41) is 11.9. The van der Waals surface area contributed by atoms with E-state index in [4.69, 9.17) is 11.6 Å². The summed E-state index contributed by atoms with van der Waals surface area (Å²) in [6.45, 7) is 8.61. The van der Waals surface area contributed by atoms with Crippen molar-refractivity contribution < 1.29 is 4.92 Å². The largest absolute Gasteiger partial charge is 0.362 e. The van der Waals surface area contributed by atoms with Gasteiger partial charge in [0, 0.05) is 49.0 Å². The number of aryl methyl sites for hydroxylation is 1. The van der Waals surface area contributed by atoms with Crippen molar-refractivity contribution in [2.75, 3.05) is 31.1 Å². The number of benzene rings is 1. The minimum absolute atomic E-state index is 0.0303. The molecule has 1 saturated heterocycles. The van der Waals surface area contributed by atoms with Crippen molar-refractivity contribution in [3.63, 3.8) is 0 Å². The minimum atomic E-state index is -0.396. The predicted molar refractivity (Wildman–Crippen MR) is 107 cm³/mol. The van der Waals surface area contributed by atoms with E-state index in [1.807, 2.05) is 30.0 Å². The Labute approximate surface area is 163 Å². The molecular formula is C20H19ClN4O2. The number of allylic oxidation sites excluding steroid dienone is 1. The molecule has 1 aliphatic heterocycles. The van der Waals surface area contributed by atoms with Gasteiger partial charge in [0.15, 0.2) is 0 Å². The summed E-state index contributed by atoms with van der Waals surface area (Å²) in [5.74, 6) is 6.62. The van der Waals surface area contributed by atoms with E-state index in [1.165, 1.54) is 6.07 Å². The number of nitro groups is 1. The van der Waals surface area contributed by atoms with Gasteiger partial charge in [-0.3, -0.25) is 10.1 Å². The van der Waals surface area contributed by atoms with Gasteiger partial charge in [-0.15, -0.1) is 0 Å². The first-order chi connectivity index (χ1) is 13.0. The molecule has 0 bridgehead atoms. The number of rotatable bonds is 3. The number of halogens is 1. The lowest BCUT2D eigenvalue weighted by atomic mass is 10.1. The van der Waals surface area contributed by atoms with Crippen molar-refractivity contribution in [2.45, 2.75) is 6.92 Å². The zero-order chi connectivity index (χ0) is 19.4. The van der Waals surface area contributed by atoms with E-state index in [0.29, 0.717) is 32.0 Å². The SMILES string of the molecule is C=C(C#Cc1ccc(Cl)c(C)c1)N1CCN(c2ncccc2[N+](=O)[O-])CC1. The Bertz CT molecular complexity index is 940. The summed E-state index contributed by atoms with van der Waals surface area (Å²) < 4.78 is 0. The standard InChI is InChI=1S/C20H19ClN4O2/c1-15-14-17(7-8-18(15)21)6-5-16(2)23-10-12-24(13-11-23)20-19(25(26)27)4-3-9-22-20/h3-4,7-9,14H,2,10-13H2,1H3.